The minimum absolute atomic E-state index is 0.559. The molecular formula is C7H13NO. The largest absolute Gasteiger partial charge is 0.411 e. The molecule has 0 aliphatic heterocycles. The highest BCUT2D eigenvalue weighted by Gasteiger charge is 2.10. The summed E-state index contributed by atoms with van der Waals surface area (Å²) in [6.07, 6.45) is 8.05. The summed E-state index contributed by atoms with van der Waals surface area (Å²) in [7, 11) is 0. The normalized spacial score (nSPS) is 23.1. The average molecular weight is 127 g/mol. The molecular weight excluding hydrogens is 114 g/mol. The van der Waals surface area contributed by atoms with E-state index in [1.807, 2.05) is 0 Å². The Morgan fingerprint density at radius 2 is 1.89 bits per heavy atom. The van der Waals surface area contributed by atoms with Crippen molar-refractivity contribution < 1.29 is 5.21 Å². The first-order valence-electron chi connectivity index (χ1n) is 3.61. The fourth-order valence-electron chi connectivity index (χ4n) is 1.38. The molecule has 1 fully saturated rings. The van der Waals surface area contributed by atoms with Crippen LogP contribution in [0.5, 0.6) is 0 Å². The van der Waals surface area contributed by atoms with Gasteiger partial charge in [0.1, 0.15) is 0 Å². The first-order chi connectivity index (χ1) is 4.43. The Morgan fingerprint density at radius 1 is 1.22 bits per heavy atom. The van der Waals surface area contributed by atoms with Crippen LogP contribution >= 0.6 is 0 Å². The highest BCUT2D eigenvalue weighted by Crippen LogP contribution is 2.21. The molecule has 2 nitrogen and oxygen atoms in total. The zero-order valence-electron chi connectivity index (χ0n) is 5.58. The van der Waals surface area contributed by atoms with E-state index in [0.29, 0.717) is 5.92 Å². The van der Waals surface area contributed by atoms with Gasteiger partial charge in [-0.15, -0.1) is 5.16 Å². The molecule has 9 heavy (non-hydrogen) atoms. The molecule has 0 aromatic rings. The van der Waals surface area contributed by atoms with Crippen LogP contribution in [0.15, 0.2) is 5.16 Å². The van der Waals surface area contributed by atoms with E-state index in [0.717, 1.165) is 0 Å². The van der Waals surface area contributed by atoms with Crippen molar-refractivity contribution in [2.45, 2.75) is 32.1 Å². The van der Waals surface area contributed by atoms with E-state index in [9.17, 15) is 0 Å². The predicted octanol–water partition coefficient (Wildman–Crippen LogP) is 2.03. The van der Waals surface area contributed by atoms with Gasteiger partial charge in [-0.3, -0.25) is 0 Å². The lowest BCUT2D eigenvalue weighted by Gasteiger charge is -2.15. The van der Waals surface area contributed by atoms with Gasteiger partial charge in [-0.2, -0.15) is 0 Å². The lowest BCUT2D eigenvalue weighted by Crippen LogP contribution is -2.06. The molecule has 0 unspecified atom stereocenters. The van der Waals surface area contributed by atoms with Crippen molar-refractivity contribution in [3.05, 3.63) is 0 Å². The lowest BCUT2D eigenvalue weighted by molar-refractivity contribution is 0.314. The maximum atomic E-state index is 8.19. The predicted molar refractivity (Wildman–Crippen MR) is 36.9 cm³/mol. The molecule has 1 rings (SSSR count). The molecule has 0 heterocycles. The van der Waals surface area contributed by atoms with Gasteiger partial charge in [-0.1, -0.05) is 19.3 Å². The van der Waals surface area contributed by atoms with Crippen LogP contribution in [0.3, 0.4) is 0 Å². The van der Waals surface area contributed by atoms with Crippen LogP contribution in [-0.2, 0) is 0 Å². The summed E-state index contributed by atoms with van der Waals surface area (Å²) in [5, 5.41) is 11.2. The average Bonchev–Trinajstić information content (AvgIpc) is 1.91. The standard InChI is InChI=1S/C7H13NO/c9-8-6-7-4-2-1-3-5-7/h6-7,9H,1-5H2/b8-6+. The Bertz CT molecular complexity index is 95.1. The van der Waals surface area contributed by atoms with Gasteiger partial charge in [-0.25, -0.2) is 0 Å². The molecule has 52 valence electrons. The van der Waals surface area contributed by atoms with E-state index < -0.39 is 0 Å². The second-order valence-corrected chi connectivity index (χ2v) is 2.66. The third-order valence-corrected chi connectivity index (χ3v) is 1.93. The molecule has 0 bridgehead atoms. The Kier molecular flexibility index (Phi) is 2.55. The molecule has 0 atom stereocenters. The van der Waals surface area contributed by atoms with Gasteiger partial charge in [0.2, 0.25) is 0 Å². The van der Waals surface area contributed by atoms with E-state index in [1.54, 1.807) is 6.21 Å². The molecule has 0 amide bonds. The van der Waals surface area contributed by atoms with E-state index in [-0.39, 0.29) is 0 Å². The van der Waals surface area contributed by atoms with Gasteiger partial charge in [0, 0.05) is 6.21 Å². The van der Waals surface area contributed by atoms with Gasteiger partial charge < -0.3 is 5.21 Å². The Hall–Kier alpha value is -0.530. The highest BCUT2D eigenvalue weighted by molar-refractivity contribution is 5.59. The summed E-state index contributed by atoms with van der Waals surface area (Å²) < 4.78 is 0. The minimum Gasteiger partial charge on any atom is -0.411 e. The molecule has 0 aromatic carbocycles. The van der Waals surface area contributed by atoms with Gasteiger partial charge in [0.15, 0.2) is 0 Å². The third-order valence-electron chi connectivity index (χ3n) is 1.93. The van der Waals surface area contributed by atoms with Gasteiger partial charge in [0.05, 0.1) is 0 Å². The van der Waals surface area contributed by atoms with Crippen molar-refractivity contribution in [2.75, 3.05) is 0 Å². The molecule has 1 aliphatic rings. The van der Waals surface area contributed by atoms with Crippen molar-refractivity contribution in [3.63, 3.8) is 0 Å². The zero-order chi connectivity index (χ0) is 6.53. The van der Waals surface area contributed by atoms with Crippen LogP contribution in [0.4, 0.5) is 0 Å². The topological polar surface area (TPSA) is 32.6 Å². The van der Waals surface area contributed by atoms with Gasteiger partial charge >= 0.3 is 0 Å². The number of hydrogen-bond donors (Lipinski definition) is 1. The van der Waals surface area contributed by atoms with Gasteiger partial charge in [-0.05, 0) is 18.8 Å². The second-order valence-electron chi connectivity index (χ2n) is 2.66. The van der Waals surface area contributed by atoms with Gasteiger partial charge in [0.25, 0.3) is 0 Å². The van der Waals surface area contributed by atoms with E-state index in [1.165, 1.54) is 32.1 Å². The minimum atomic E-state index is 0.559. The summed E-state index contributed by atoms with van der Waals surface area (Å²) in [6, 6.07) is 0. The quantitative estimate of drug-likeness (QED) is 0.326. The van der Waals surface area contributed by atoms with Crippen LogP contribution in [0.25, 0.3) is 0 Å². The molecule has 0 saturated heterocycles. The summed E-state index contributed by atoms with van der Waals surface area (Å²) in [5.74, 6) is 0.559. The van der Waals surface area contributed by atoms with Crippen molar-refractivity contribution in [3.8, 4) is 0 Å². The number of hydrogen-bond acceptors (Lipinski definition) is 2. The van der Waals surface area contributed by atoms with E-state index in [2.05, 4.69) is 5.16 Å². The maximum absolute atomic E-state index is 8.19. The number of rotatable bonds is 1. The van der Waals surface area contributed by atoms with E-state index >= 15 is 0 Å². The second kappa shape index (κ2) is 3.49. The lowest BCUT2D eigenvalue weighted by atomic mass is 9.90. The SMILES string of the molecule is O/N=C/C1CCCCC1. The third kappa shape index (κ3) is 2.04. The molecule has 2 heteroatoms. The fraction of sp³-hybridized carbons (Fsp3) is 0.857. The summed E-state index contributed by atoms with van der Waals surface area (Å²) in [6.45, 7) is 0. The molecule has 1 aliphatic carbocycles. The van der Waals surface area contributed by atoms with Crippen molar-refractivity contribution in [1.29, 1.82) is 0 Å². The monoisotopic (exact) mass is 127 g/mol. The van der Waals surface area contributed by atoms with Crippen LogP contribution in [-0.4, -0.2) is 11.4 Å². The number of oxime groups is 1. The first kappa shape index (κ1) is 6.59. The zero-order valence-corrected chi connectivity index (χ0v) is 5.58. The first-order valence-corrected chi connectivity index (χ1v) is 3.61. The Morgan fingerprint density at radius 3 is 2.44 bits per heavy atom. The number of nitrogens with zero attached hydrogens (tertiary/aromatic N) is 1. The maximum Gasteiger partial charge on any atom is 0.0466 e. The summed E-state index contributed by atoms with van der Waals surface area (Å²) in [5.41, 5.74) is 0. The van der Waals surface area contributed by atoms with Crippen molar-refractivity contribution >= 4 is 6.21 Å². The smallest absolute Gasteiger partial charge is 0.0466 e. The van der Waals surface area contributed by atoms with Crippen LogP contribution in [0, 0.1) is 5.92 Å². The Balaban J connectivity index is 2.23. The molecule has 1 saturated carbocycles. The summed E-state index contributed by atoms with van der Waals surface area (Å²) >= 11 is 0. The van der Waals surface area contributed by atoms with Crippen LogP contribution in [0.1, 0.15) is 32.1 Å². The molecule has 0 radical (unpaired) electrons. The summed E-state index contributed by atoms with van der Waals surface area (Å²) in [4.78, 5) is 0. The molecule has 0 spiro atoms. The highest BCUT2D eigenvalue weighted by atomic mass is 16.4. The van der Waals surface area contributed by atoms with Crippen molar-refractivity contribution in [2.24, 2.45) is 11.1 Å². The van der Waals surface area contributed by atoms with E-state index in [4.69, 9.17) is 5.21 Å². The van der Waals surface area contributed by atoms with Crippen LogP contribution < -0.4 is 0 Å². The van der Waals surface area contributed by atoms with Crippen molar-refractivity contribution in [1.82, 2.24) is 0 Å². The fourth-order valence-corrected chi connectivity index (χ4v) is 1.38. The van der Waals surface area contributed by atoms with Crippen LogP contribution in [0.2, 0.25) is 0 Å². The Labute approximate surface area is 55.6 Å². The molecule has 0 aromatic heterocycles. The molecule has 1 N–H and O–H groups in total.